The van der Waals surface area contributed by atoms with Crippen LogP contribution in [-0.2, 0) is 13.0 Å². The highest BCUT2D eigenvalue weighted by molar-refractivity contribution is 5.77. The molecule has 0 unspecified atom stereocenters. The summed E-state index contributed by atoms with van der Waals surface area (Å²) in [4.78, 5) is 15.2. The molecule has 0 spiro atoms. The summed E-state index contributed by atoms with van der Waals surface area (Å²) < 4.78 is 0. The van der Waals surface area contributed by atoms with Gasteiger partial charge < -0.3 is 16.0 Å². The first-order valence-corrected chi connectivity index (χ1v) is 8.32. The number of fused-ring (bicyclic) bond motifs is 1. The molecular weight excluding hydrogens is 312 g/mol. The Labute approximate surface area is 146 Å². The van der Waals surface area contributed by atoms with Gasteiger partial charge in [-0.1, -0.05) is 30.3 Å². The SMILES string of the molecule is Cc1ccc(Nc2ncnc(N3CCc4ccccc4C3)c2N)nc1. The lowest BCUT2D eigenvalue weighted by Gasteiger charge is -2.30. The summed E-state index contributed by atoms with van der Waals surface area (Å²) in [7, 11) is 0. The van der Waals surface area contributed by atoms with Crippen molar-refractivity contribution in [2.24, 2.45) is 0 Å². The van der Waals surface area contributed by atoms with Crippen LogP contribution in [0.5, 0.6) is 0 Å². The number of benzene rings is 1. The number of anilines is 4. The second-order valence-electron chi connectivity index (χ2n) is 6.25. The van der Waals surface area contributed by atoms with Gasteiger partial charge in [-0.2, -0.15) is 0 Å². The maximum atomic E-state index is 6.35. The number of nitrogens with zero attached hydrogens (tertiary/aromatic N) is 4. The topological polar surface area (TPSA) is 80.0 Å². The van der Waals surface area contributed by atoms with E-state index in [1.165, 1.54) is 11.1 Å². The fraction of sp³-hybridized carbons (Fsp3) is 0.211. The van der Waals surface area contributed by atoms with Crippen LogP contribution in [0.15, 0.2) is 48.9 Å². The van der Waals surface area contributed by atoms with Crippen molar-refractivity contribution in [3.8, 4) is 0 Å². The minimum absolute atomic E-state index is 0.546. The molecule has 0 fully saturated rings. The van der Waals surface area contributed by atoms with E-state index in [-0.39, 0.29) is 0 Å². The molecule has 1 aromatic carbocycles. The molecule has 2 aromatic heterocycles. The summed E-state index contributed by atoms with van der Waals surface area (Å²) in [6, 6.07) is 12.4. The highest BCUT2D eigenvalue weighted by Gasteiger charge is 2.20. The number of aromatic nitrogens is 3. The Balaban J connectivity index is 1.60. The summed E-state index contributed by atoms with van der Waals surface area (Å²) >= 11 is 0. The highest BCUT2D eigenvalue weighted by Crippen LogP contribution is 2.31. The fourth-order valence-corrected chi connectivity index (χ4v) is 3.08. The van der Waals surface area contributed by atoms with Crippen molar-refractivity contribution < 1.29 is 0 Å². The molecule has 126 valence electrons. The third kappa shape index (κ3) is 3.10. The largest absolute Gasteiger partial charge is 0.393 e. The van der Waals surface area contributed by atoms with Crippen molar-refractivity contribution >= 4 is 23.1 Å². The van der Waals surface area contributed by atoms with Gasteiger partial charge >= 0.3 is 0 Å². The molecule has 0 bridgehead atoms. The van der Waals surface area contributed by atoms with Gasteiger partial charge in [0.1, 0.15) is 17.8 Å². The molecular formula is C19H20N6. The molecule has 0 atom stereocenters. The fourth-order valence-electron chi connectivity index (χ4n) is 3.08. The molecule has 1 aliphatic rings. The molecule has 4 rings (SSSR count). The molecule has 0 amide bonds. The van der Waals surface area contributed by atoms with E-state index in [0.29, 0.717) is 17.3 Å². The van der Waals surface area contributed by atoms with Gasteiger partial charge in [0.05, 0.1) is 0 Å². The van der Waals surface area contributed by atoms with Gasteiger partial charge in [-0.15, -0.1) is 0 Å². The molecule has 0 aliphatic carbocycles. The Kier molecular flexibility index (Phi) is 3.93. The lowest BCUT2D eigenvalue weighted by molar-refractivity contribution is 0.721. The average Bonchev–Trinajstić information content (AvgIpc) is 2.65. The Morgan fingerprint density at radius 2 is 1.88 bits per heavy atom. The Bertz CT molecular complexity index is 891. The summed E-state index contributed by atoms with van der Waals surface area (Å²) in [5.74, 6) is 2.06. The van der Waals surface area contributed by atoms with Crippen LogP contribution in [0.2, 0.25) is 0 Å². The van der Waals surface area contributed by atoms with Crippen LogP contribution >= 0.6 is 0 Å². The van der Waals surface area contributed by atoms with Crippen molar-refractivity contribution in [2.75, 3.05) is 22.5 Å². The third-order valence-electron chi connectivity index (χ3n) is 4.45. The first-order valence-electron chi connectivity index (χ1n) is 8.32. The van der Waals surface area contributed by atoms with E-state index in [1.807, 2.05) is 25.3 Å². The molecule has 3 N–H and O–H groups in total. The van der Waals surface area contributed by atoms with E-state index in [2.05, 4.69) is 49.4 Å². The number of rotatable bonds is 3. The number of hydrogen-bond donors (Lipinski definition) is 2. The van der Waals surface area contributed by atoms with E-state index in [0.717, 1.165) is 30.9 Å². The number of aryl methyl sites for hydroxylation is 1. The molecule has 0 radical (unpaired) electrons. The number of pyridine rings is 1. The van der Waals surface area contributed by atoms with Crippen molar-refractivity contribution in [1.82, 2.24) is 15.0 Å². The van der Waals surface area contributed by atoms with Gasteiger partial charge in [0.25, 0.3) is 0 Å². The normalized spacial score (nSPS) is 13.4. The predicted molar refractivity (Wildman–Crippen MR) is 99.9 cm³/mol. The van der Waals surface area contributed by atoms with E-state index >= 15 is 0 Å². The van der Waals surface area contributed by atoms with Gasteiger partial charge in [-0.25, -0.2) is 15.0 Å². The Hall–Kier alpha value is -3.15. The molecule has 0 saturated carbocycles. The van der Waals surface area contributed by atoms with E-state index in [4.69, 9.17) is 5.73 Å². The maximum absolute atomic E-state index is 6.35. The summed E-state index contributed by atoms with van der Waals surface area (Å²) in [5, 5.41) is 3.18. The van der Waals surface area contributed by atoms with Crippen LogP contribution in [-0.4, -0.2) is 21.5 Å². The Morgan fingerprint density at radius 1 is 1.04 bits per heavy atom. The molecule has 3 aromatic rings. The quantitative estimate of drug-likeness (QED) is 0.767. The smallest absolute Gasteiger partial charge is 0.160 e. The standard InChI is InChI=1S/C19H20N6/c1-13-6-7-16(21-10-13)24-18-17(20)19(23-12-22-18)25-9-8-14-4-2-3-5-15(14)11-25/h2-7,10,12H,8-9,11,20H2,1H3,(H,21,22,23,24). The first-order chi connectivity index (χ1) is 12.2. The molecule has 25 heavy (non-hydrogen) atoms. The van der Waals surface area contributed by atoms with Crippen molar-refractivity contribution in [2.45, 2.75) is 19.9 Å². The van der Waals surface area contributed by atoms with Crippen LogP contribution in [0.25, 0.3) is 0 Å². The molecule has 3 heterocycles. The number of hydrogen-bond acceptors (Lipinski definition) is 6. The van der Waals surface area contributed by atoms with Gasteiger partial charge in [0, 0.05) is 19.3 Å². The van der Waals surface area contributed by atoms with Crippen LogP contribution in [0.1, 0.15) is 16.7 Å². The zero-order valence-electron chi connectivity index (χ0n) is 14.1. The molecule has 6 nitrogen and oxygen atoms in total. The minimum atomic E-state index is 0.546. The van der Waals surface area contributed by atoms with E-state index in [1.54, 1.807) is 6.33 Å². The molecule has 6 heteroatoms. The average molecular weight is 332 g/mol. The monoisotopic (exact) mass is 332 g/mol. The Morgan fingerprint density at radius 3 is 2.68 bits per heavy atom. The summed E-state index contributed by atoms with van der Waals surface area (Å²) in [6.07, 6.45) is 4.34. The van der Waals surface area contributed by atoms with E-state index in [9.17, 15) is 0 Å². The second-order valence-corrected chi connectivity index (χ2v) is 6.25. The van der Waals surface area contributed by atoms with Crippen LogP contribution in [0, 0.1) is 6.92 Å². The van der Waals surface area contributed by atoms with Gasteiger partial charge in [-0.05, 0) is 36.1 Å². The molecule has 1 aliphatic heterocycles. The van der Waals surface area contributed by atoms with Crippen LogP contribution in [0.4, 0.5) is 23.1 Å². The summed E-state index contributed by atoms with van der Waals surface area (Å²) in [5.41, 5.74) is 10.7. The number of nitrogens with two attached hydrogens (primary N) is 1. The zero-order chi connectivity index (χ0) is 17.2. The van der Waals surface area contributed by atoms with Crippen molar-refractivity contribution in [3.63, 3.8) is 0 Å². The second kappa shape index (κ2) is 6.39. The van der Waals surface area contributed by atoms with Crippen LogP contribution < -0.4 is 16.0 Å². The predicted octanol–water partition coefficient (Wildman–Crippen LogP) is 3.07. The minimum Gasteiger partial charge on any atom is -0.393 e. The van der Waals surface area contributed by atoms with Gasteiger partial charge in [0.15, 0.2) is 11.6 Å². The van der Waals surface area contributed by atoms with E-state index < -0.39 is 0 Å². The van der Waals surface area contributed by atoms with Gasteiger partial charge in [-0.3, -0.25) is 0 Å². The number of nitrogens with one attached hydrogen (secondary N) is 1. The third-order valence-corrected chi connectivity index (χ3v) is 4.45. The van der Waals surface area contributed by atoms with Crippen molar-refractivity contribution in [1.29, 1.82) is 0 Å². The molecule has 0 saturated heterocycles. The number of nitrogen functional groups attached to an aromatic ring is 1. The lowest BCUT2D eigenvalue weighted by atomic mass is 10.00. The van der Waals surface area contributed by atoms with Crippen LogP contribution in [0.3, 0.4) is 0 Å². The zero-order valence-corrected chi connectivity index (χ0v) is 14.1. The lowest BCUT2D eigenvalue weighted by Crippen LogP contribution is -2.31. The first kappa shape index (κ1) is 15.4. The van der Waals surface area contributed by atoms with Crippen molar-refractivity contribution in [3.05, 3.63) is 65.6 Å². The summed E-state index contributed by atoms with van der Waals surface area (Å²) in [6.45, 7) is 3.70. The highest BCUT2D eigenvalue weighted by atomic mass is 15.2. The maximum Gasteiger partial charge on any atom is 0.160 e. The van der Waals surface area contributed by atoms with Gasteiger partial charge in [0.2, 0.25) is 0 Å².